The van der Waals surface area contributed by atoms with Gasteiger partial charge in [-0.05, 0) is 19.3 Å². The number of aliphatic hydroxyl groups excluding tert-OH is 6. The summed E-state index contributed by atoms with van der Waals surface area (Å²) in [4.78, 5) is 0. The van der Waals surface area contributed by atoms with Gasteiger partial charge in [0.25, 0.3) is 0 Å². The van der Waals surface area contributed by atoms with E-state index < -0.39 is 55.6 Å². The molecule has 7 N–H and O–H groups in total. The molecule has 8 atom stereocenters. The number of hydrogen-bond donors (Lipinski definition) is 7. The molecule has 1 rings (SSSR count). The molecule has 1 heterocycles. The second-order valence-corrected chi connectivity index (χ2v) is 7.17. The molecule has 0 aliphatic carbocycles. The molecule has 0 spiro atoms. The summed E-state index contributed by atoms with van der Waals surface area (Å²) in [5.74, 6) is 0.175. The highest BCUT2D eigenvalue weighted by Gasteiger charge is 2.44. The van der Waals surface area contributed by atoms with Gasteiger partial charge in [0, 0.05) is 6.61 Å². The first-order chi connectivity index (χ1) is 12.7. The summed E-state index contributed by atoms with van der Waals surface area (Å²) in [6.07, 6.45) is -8.74. The molecule has 6 unspecified atom stereocenters. The van der Waals surface area contributed by atoms with Gasteiger partial charge >= 0.3 is 0 Å². The Bertz CT molecular complexity index is 399. The van der Waals surface area contributed by atoms with E-state index in [1.165, 1.54) is 0 Å². The Morgan fingerprint density at radius 1 is 1.07 bits per heavy atom. The van der Waals surface area contributed by atoms with Crippen molar-refractivity contribution in [2.45, 2.75) is 76.1 Å². The predicted molar refractivity (Wildman–Crippen MR) is 94.6 cm³/mol. The van der Waals surface area contributed by atoms with Crippen molar-refractivity contribution in [3.05, 3.63) is 0 Å². The maximum Gasteiger partial charge on any atom is 0.186 e. The SMILES string of the molecule is CCOCNC(CO[C@H]1OC(CO)[C@H](O)C(O)C1O)C(O)C(O)CC(C)C. The summed E-state index contributed by atoms with van der Waals surface area (Å²) >= 11 is 0. The van der Waals surface area contributed by atoms with Crippen molar-refractivity contribution >= 4 is 0 Å². The molecule has 0 radical (unpaired) electrons. The van der Waals surface area contributed by atoms with Crippen molar-refractivity contribution in [2.75, 3.05) is 26.6 Å². The first-order valence-corrected chi connectivity index (χ1v) is 9.32. The highest BCUT2D eigenvalue weighted by molar-refractivity contribution is 4.89. The normalized spacial score (nSPS) is 32.4. The quantitative estimate of drug-likeness (QED) is 0.139. The Balaban J connectivity index is 2.70. The Morgan fingerprint density at radius 3 is 2.30 bits per heavy atom. The standard InChI is InChI=1S/C17H35NO9/c1-4-25-8-18-10(13(21)11(20)5-9(2)3)7-26-17-16(24)15(23)14(22)12(6-19)27-17/h9-24H,4-8H2,1-3H3/t10?,11?,12?,13?,14-,15?,16?,17-/m0/s1. The monoisotopic (exact) mass is 397 g/mol. The minimum absolute atomic E-state index is 0.116. The van der Waals surface area contributed by atoms with Crippen LogP contribution in [0.1, 0.15) is 27.2 Å². The van der Waals surface area contributed by atoms with Gasteiger partial charge in [0.2, 0.25) is 0 Å². The molecular weight excluding hydrogens is 362 g/mol. The van der Waals surface area contributed by atoms with Crippen LogP contribution in [0.25, 0.3) is 0 Å². The molecule has 162 valence electrons. The average molecular weight is 397 g/mol. The van der Waals surface area contributed by atoms with E-state index >= 15 is 0 Å². The molecule has 0 bridgehead atoms. The summed E-state index contributed by atoms with van der Waals surface area (Å²) in [5, 5.41) is 62.4. The molecule has 1 aliphatic rings. The molecule has 0 saturated carbocycles. The highest BCUT2D eigenvalue weighted by atomic mass is 16.7. The third-order valence-corrected chi connectivity index (χ3v) is 4.46. The van der Waals surface area contributed by atoms with E-state index in [1.54, 1.807) is 0 Å². The second-order valence-electron chi connectivity index (χ2n) is 7.17. The van der Waals surface area contributed by atoms with E-state index in [1.807, 2.05) is 20.8 Å². The summed E-state index contributed by atoms with van der Waals surface area (Å²) in [6, 6.07) is -0.738. The van der Waals surface area contributed by atoms with Gasteiger partial charge in [-0.25, -0.2) is 0 Å². The van der Waals surface area contributed by atoms with E-state index in [0.717, 1.165) is 0 Å². The van der Waals surface area contributed by atoms with Gasteiger partial charge in [-0.1, -0.05) is 13.8 Å². The number of hydrogen-bond acceptors (Lipinski definition) is 10. The lowest BCUT2D eigenvalue weighted by Gasteiger charge is -2.40. The van der Waals surface area contributed by atoms with Crippen molar-refractivity contribution in [2.24, 2.45) is 5.92 Å². The van der Waals surface area contributed by atoms with Crippen molar-refractivity contribution < 1.29 is 44.8 Å². The molecule has 10 nitrogen and oxygen atoms in total. The zero-order chi connectivity index (χ0) is 20.6. The topological polar surface area (TPSA) is 161 Å². The number of nitrogens with one attached hydrogen (secondary N) is 1. The minimum Gasteiger partial charge on any atom is -0.394 e. The third-order valence-electron chi connectivity index (χ3n) is 4.46. The van der Waals surface area contributed by atoms with Crippen LogP contribution in [0, 0.1) is 5.92 Å². The summed E-state index contributed by atoms with van der Waals surface area (Å²) in [5.41, 5.74) is 0. The van der Waals surface area contributed by atoms with Gasteiger partial charge in [0.05, 0.1) is 38.2 Å². The van der Waals surface area contributed by atoms with Crippen LogP contribution in [0.2, 0.25) is 0 Å². The molecule has 10 heteroatoms. The molecule has 27 heavy (non-hydrogen) atoms. The van der Waals surface area contributed by atoms with E-state index in [9.17, 15) is 30.6 Å². The molecule has 0 aromatic rings. The van der Waals surface area contributed by atoms with Crippen LogP contribution in [-0.4, -0.2) is 106 Å². The van der Waals surface area contributed by atoms with Gasteiger partial charge in [-0.2, -0.15) is 0 Å². The zero-order valence-corrected chi connectivity index (χ0v) is 16.1. The van der Waals surface area contributed by atoms with Crippen LogP contribution in [0.15, 0.2) is 0 Å². The van der Waals surface area contributed by atoms with E-state index in [0.29, 0.717) is 13.0 Å². The maximum absolute atomic E-state index is 10.4. The summed E-state index contributed by atoms with van der Waals surface area (Å²) < 4.78 is 16.0. The van der Waals surface area contributed by atoms with Crippen molar-refractivity contribution in [3.8, 4) is 0 Å². The van der Waals surface area contributed by atoms with E-state index in [4.69, 9.17) is 14.2 Å². The fourth-order valence-corrected chi connectivity index (χ4v) is 2.84. The van der Waals surface area contributed by atoms with Crippen molar-refractivity contribution in [3.63, 3.8) is 0 Å². The van der Waals surface area contributed by atoms with Gasteiger partial charge in [0.1, 0.15) is 24.4 Å². The third kappa shape index (κ3) is 7.50. The van der Waals surface area contributed by atoms with Gasteiger partial charge in [-0.3, -0.25) is 5.32 Å². The summed E-state index contributed by atoms with van der Waals surface area (Å²) in [6.45, 7) is 5.48. The lowest BCUT2D eigenvalue weighted by Crippen LogP contribution is -2.60. The number of rotatable bonds is 12. The Kier molecular flexibility index (Phi) is 11.2. The van der Waals surface area contributed by atoms with Gasteiger partial charge in [-0.15, -0.1) is 0 Å². The van der Waals surface area contributed by atoms with Crippen LogP contribution < -0.4 is 5.32 Å². The van der Waals surface area contributed by atoms with Crippen LogP contribution in [0.4, 0.5) is 0 Å². The van der Waals surface area contributed by atoms with Gasteiger partial charge in [0.15, 0.2) is 6.29 Å². The fourth-order valence-electron chi connectivity index (χ4n) is 2.84. The number of ether oxygens (including phenoxy) is 3. The average Bonchev–Trinajstić information content (AvgIpc) is 2.63. The zero-order valence-electron chi connectivity index (χ0n) is 16.1. The highest BCUT2D eigenvalue weighted by Crippen LogP contribution is 2.22. The largest absolute Gasteiger partial charge is 0.394 e. The Labute approximate surface area is 159 Å². The van der Waals surface area contributed by atoms with Crippen LogP contribution in [0.5, 0.6) is 0 Å². The van der Waals surface area contributed by atoms with Crippen LogP contribution in [0.3, 0.4) is 0 Å². The lowest BCUT2D eigenvalue weighted by atomic mass is 9.97. The first-order valence-electron chi connectivity index (χ1n) is 9.32. The predicted octanol–water partition coefficient (Wildman–Crippen LogP) is -2.48. The van der Waals surface area contributed by atoms with E-state index in [-0.39, 0.29) is 19.3 Å². The smallest absolute Gasteiger partial charge is 0.186 e. The lowest BCUT2D eigenvalue weighted by molar-refractivity contribution is -0.303. The molecule has 1 aliphatic heterocycles. The molecular formula is C17H35NO9. The minimum atomic E-state index is -1.55. The molecule has 0 aromatic heterocycles. The fraction of sp³-hybridized carbons (Fsp3) is 1.00. The van der Waals surface area contributed by atoms with Crippen molar-refractivity contribution in [1.82, 2.24) is 5.32 Å². The molecule has 1 saturated heterocycles. The summed E-state index contributed by atoms with van der Waals surface area (Å²) in [7, 11) is 0. The van der Waals surface area contributed by atoms with Crippen LogP contribution >= 0.6 is 0 Å². The first kappa shape index (κ1) is 24.6. The van der Waals surface area contributed by atoms with Crippen LogP contribution in [-0.2, 0) is 14.2 Å². The Morgan fingerprint density at radius 2 is 1.74 bits per heavy atom. The maximum atomic E-state index is 10.4. The molecule has 0 amide bonds. The van der Waals surface area contributed by atoms with E-state index in [2.05, 4.69) is 5.32 Å². The number of aliphatic hydroxyl groups is 6. The van der Waals surface area contributed by atoms with Gasteiger partial charge < -0.3 is 44.8 Å². The Hall–Kier alpha value is -0.400. The molecule has 0 aromatic carbocycles. The molecule has 1 fully saturated rings. The second kappa shape index (κ2) is 12.2. The van der Waals surface area contributed by atoms with Crippen molar-refractivity contribution in [1.29, 1.82) is 0 Å².